The largest absolute Gasteiger partial charge is 0.488 e. The van der Waals surface area contributed by atoms with Crippen LogP contribution >= 0.6 is 0 Å². The van der Waals surface area contributed by atoms with Crippen LogP contribution in [-0.2, 0) is 6.42 Å². The highest BCUT2D eigenvalue weighted by atomic mass is 16.5. The molecule has 0 amide bonds. The van der Waals surface area contributed by atoms with Crippen molar-refractivity contribution >= 4 is 0 Å². The molecule has 1 aliphatic heterocycles. The number of hydrogen-bond donors (Lipinski definition) is 1. The Morgan fingerprint density at radius 1 is 1.50 bits per heavy atom. The summed E-state index contributed by atoms with van der Waals surface area (Å²) in [5.74, 6) is 1.06. The highest BCUT2D eigenvalue weighted by molar-refractivity contribution is 5.37. The van der Waals surface area contributed by atoms with Crippen molar-refractivity contribution < 1.29 is 4.74 Å². The molecule has 0 bridgehead atoms. The highest BCUT2D eigenvalue weighted by Crippen LogP contribution is 2.29. The van der Waals surface area contributed by atoms with Gasteiger partial charge in [-0.25, -0.2) is 0 Å². The van der Waals surface area contributed by atoms with Gasteiger partial charge in [0, 0.05) is 12.5 Å². The summed E-state index contributed by atoms with van der Waals surface area (Å²) in [4.78, 5) is 0. The van der Waals surface area contributed by atoms with E-state index in [4.69, 9.17) is 4.74 Å². The third kappa shape index (κ3) is 1.62. The molecule has 0 saturated carbocycles. The maximum absolute atomic E-state index is 5.89. The lowest BCUT2D eigenvalue weighted by Gasteiger charge is -2.20. The van der Waals surface area contributed by atoms with Gasteiger partial charge in [0.15, 0.2) is 0 Å². The van der Waals surface area contributed by atoms with Crippen molar-refractivity contribution in [3.8, 4) is 5.75 Å². The molecule has 1 aliphatic rings. The second-order valence-electron chi connectivity index (χ2n) is 3.77. The Morgan fingerprint density at radius 2 is 2.29 bits per heavy atom. The summed E-state index contributed by atoms with van der Waals surface area (Å²) in [5, 5.41) is 3.30. The minimum absolute atomic E-state index is 0.308. The van der Waals surface area contributed by atoms with Crippen molar-refractivity contribution in [1.29, 1.82) is 0 Å². The van der Waals surface area contributed by atoms with Gasteiger partial charge in [-0.05, 0) is 25.1 Å². The Morgan fingerprint density at radius 3 is 2.93 bits per heavy atom. The molecule has 1 aromatic rings. The zero-order valence-electron chi connectivity index (χ0n) is 8.79. The molecule has 2 heteroatoms. The molecule has 1 N–H and O–H groups in total. The Hall–Kier alpha value is -1.02. The van der Waals surface area contributed by atoms with E-state index in [2.05, 4.69) is 30.4 Å². The third-order valence-electron chi connectivity index (χ3n) is 2.93. The molecule has 0 spiro atoms. The molecule has 0 saturated heterocycles. The van der Waals surface area contributed by atoms with Gasteiger partial charge in [-0.1, -0.05) is 25.1 Å². The fourth-order valence-corrected chi connectivity index (χ4v) is 2.09. The minimum atomic E-state index is 0.308. The zero-order chi connectivity index (χ0) is 9.97. The number of hydrogen-bond acceptors (Lipinski definition) is 2. The molecule has 1 aromatic carbocycles. The van der Waals surface area contributed by atoms with E-state index in [0.29, 0.717) is 12.1 Å². The first-order chi connectivity index (χ1) is 6.85. The van der Waals surface area contributed by atoms with Gasteiger partial charge in [-0.3, -0.25) is 0 Å². The van der Waals surface area contributed by atoms with Gasteiger partial charge in [0.1, 0.15) is 11.9 Å². The van der Waals surface area contributed by atoms with Crippen molar-refractivity contribution in [2.75, 3.05) is 7.05 Å². The number of ether oxygens (including phenoxy) is 1. The average Bonchev–Trinajstić information content (AvgIpc) is 2.63. The van der Waals surface area contributed by atoms with E-state index in [1.54, 1.807) is 0 Å². The van der Waals surface area contributed by atoms with Gasteiger partial charge in [0.2, 0.25) is 0 Å². The molecule has 0 aromatic heterocycles. The topological polar surface area (TPSA) is 21.3 Å². The Kier molecular flexibility index (Phi) is 2.73. The molecular weight excluding hydrogens is 174 g/mol. The van der Waals surface area contributed by atoms with Gasteiger partial charge in [0.25, 0.3) is 0 Å². The van der Waals surface area contributed by atoms with Crippen molar-refractivity contribution in [3.63, 3.8) is 0 Å². The summed E-state index contributed by atoms with van der Waals surface area (Å²) < 4.78 is 5.89. The van der Waals surface area contributed by atoms with Gasteiger partial charge in [-0.15, -0.1) is 0 Å². The fourth-order valence-electron chi connectivity index (χ4n) is 2.09. The number of benzene rings is 1. The van der Waals surface area contributed by atoms with Crippen LogP contribution in [0, 0.1) is 0 Å². The average molecular weight is 191 g/mol. The molecule has 14 heavy (non-hydrogen) atoms. The maximum Gasteiger partial charge on any atom is 0.123 e. The number of rotatable bonds is 3. The summed E-state index contributed by atoms with van der Waals surface area (Å²) in [7, 11) is 2.00. The van der Waals surface area contributed by atoms with Gasteiger partial charge < -0.3 is 10.1 Å². The van der Waals surface area contributed by atoms with Crippen LogP contribution in [0.3, 0.4) is 0 Å². The van der Waals surface area contributed by atoms with Gasteiger partial charge in [-0.2, -0.15) is 0 Å². The van der Waals surface area contributed by atoms with E-state index in [1.807, 2.05) is 13.1 Å². The third-order valence-corrected chi connectivity index (χ3v) is 2.93. The molecule has 76 valence electrons. The molecule has 2 unspecified atom stereocenters. The van der Waals surface area contributed by atoms with E-state index in [9.17, 15) is 0 Å². The Bertz CT molecular complexity index is 282. The lowest BCUT2D eigenvalue weighted by Crippen LogP contribution is -2.39. The SMILES string of the molecule is CCC(NC)C1Cc2ccccc2O1. The van der Waals surface area contributed by atoms with Crippen LogP contribution < -0.4 is 10.1 Å². The van der Waals surface area contributed by atoms with Crippen LogP contribution in [0.2, 0.25) is 0 Å². The second kappa shape index (κ2) is 4.01. The van der Waals surface area contributed by atoms with E-state index < -0.39 is 0 Å². The molecule has 2 nitrogen and oxygen atoms in total. The monoisotopic (exact) mass is 191 g/mol. The van der Waals surface area contributed by atoms with Gasteiger partial charge in [0.05, 0.1) is 0 Å². The van der Waals surface area contributed by atoms with E-state index in [1.165, 1.54) is 5.56 Å². The second-order valence-corrected chi connectivity index (χ2v) is 3.77. The quantitative estimate of drug-likeness (QED) is 0.789. The zero-order valence-corrected chi connectivity index (χ0v) is 8.79. The van der Waals surface area contributed by atoms with Crippen LogP contribution in [-0.4, -0.2) is 19.2 Å². The minimum Gasteiger partial charge on any atom is -0.488 e. The van der Waals surface area contributed by atoms with E-state index in [-0.39, 0.29) is 0 Å². The van der Waals surface area contributed by atoms with Crippen LogP contribution in [0.5, 0.6) is 5.75 Å². The van der Waals surface area contributed by atoms with Crippen LogP contribution in [0.15, 0.2) is 24.3 Å². The van der Waals surface area contributed by atoms with Crippen LogP contribution in [0.25, 0.3) is 0 Å². The maximum atomic E-state index is 5.89. The molecule has 0 fully saturated rings. The summed E-state index contributed by atoms with van der Waals surface area (Å²) in [5.41, 5.74) is 1.34. The summed E-state index contributed by atoms with van der Waals surface area (Å²) >= 11 is 0. The fraction of sp³-hybridized carbons (Fsp3) is 0.500. The summed E-state index contributed by atoms with van der Waals surface area (Å²) in [6.07, 6.45) is 2.45. The number of nitrogens with one attached hydrogen (secondary N) is 1. The van der Waals surface area contributed by atoms with Crippen molar-refractivity contribution in [3.05, 3.63) is 29.8 Å². The predicted octanol–water partition coefficient (Wildman–Crippen LogP) is 1.99. The Balaban J connectivity index is 2.11. The lowest BCUT2D eigenvalue weighted by atomic mass is 10.0. The lowest BCUT2D eigenvalue weighted by molar-refractivity contribution is 0.180. The van der Waals surface area contributed by atoms with Gasteiger partial charge >= 0.3 is 0 Å². The van der Waals surface area contributed by atoms with E-state index in [0.717, 1.165) is 18.6 Å². The first kappa shape index (κ1) is 9.53. The first-order valence-corrected chi connectivity index (χ1v) is 5.27. The highest BCUT2D eigenvalue weighted by Gasteiger charge is 2.27. The summed E-state index contributed by atoms with van der Waals surface area (Å²) in [6.45, 7) is 2.19. The van der Waals surface area contributed by atoms with Crippen LogP contribution in [0.4, 0.5) is 0 Å². The van der Waals surface area contributed by atoms with Crippen molar-refractivity contribution in [2.24, 2.45) is 0 Å². The number of fused-ring (bicyclic) bond motifs is 1. The van der Waals surface area contributed by atoms with E-state index >= 15 is 0 Å². The molecular formula is C12H17NO. The molecule has 2 rings (SSSR count). The molecule has 0 aliphatic carbocycles. The van der Waals surface area contributed by atoms with Crippen molar-refractivity contribution in [1.82, 2.24) is 5.32 Å². The number of likely N-dealkylation sites (N-methyl/N-ethyl adjacent to an activating group) is 1. The first-order valence-electron chi connectivity index (χ1n) is 5.27. The predicted molar refractivity (Wildman–Crippen MR) is 57.7 cm³/mol. The Labute approximate surface area is 85.3 Å². The summed E-state index contributed by atoms with van der Waals surface area (Å²) in [6, 6.07) is 8.77. The van der Waals surface area contributed by atoms with Crippen LogP contribution in [0.1, 0.15) is 18.9 Å². The number of para-hydroxylation sites is 1. The smallest absolute Gasteiger partial charge is 0.123 e. The van der Waals surface area contributed by atoms with Crippen molar-refractivity contribution in [2.45, 2.75) is 31.9 Å². The molecule has 0 radical (unpaired) electrons. The molecule has 1 heterocycles. The molecule has 2 atom stereocenters. The standard InChI is InChI=1S/C12H17NO/c1-3-10(13-2)12-8-9-6-4-5-7-11(9)14-12/h4-7,10,12-13H,3,8H2,1-2H3. The normalized spacial score (nSPS) is 21.4.